The van der Waals surface area contributed by atoms with E-state index in [-0.39, 0.29) is 12.8 Å². The van der Waals surface area contributed by atoms with Gasteiger partial charge in [0.2, 0.25) is 5.79 Å². The minimum Gasteiger partial charge on any atom is -0.386 e. The lowest BCUT2D eigenvalue weighted by Gasteiger charge is -2.23. The summed E-state index contributed by atoms with van der Waals surface area (Å²) in [6, 6.07) is 0. The highest BCUT2D eigenvalue weighted by atomic mass is 16.7. The van der Waals surface area contributed by atoms with E-state index in [0.717, 1.165) is 0 Å². The van der Waals surface area contributed by atoms with E-state index in [0.29, 0.717) is 0 Å². The van der Waals surface area contributed by atoms with Gasteiger partial charge in [-0.05, 0) is 6.72 Å². The van der Waals surface area contributed by atoms with Gasteiger partial charge in [0.25, 0.3) is 0 Å². The van der Waals surface area contributed by atoms with Gasteiger partial charge in [-0.25, -0.2) is 0 Å². The average molecular weight is 332 g/mol. The summed E-state index contributed by atoms with van der Waals surface area (Å²) < 4.78 is 21.8. The minimum absolute atomic E-state index is 0.187. The average Bonchev–Trinajstić information content (AvgIpc) is 3.23. The van der Waals surface area contributed by atoms with Crippen molar-refractivity contribution in [2.75, 3.05) is 7.11 Å². The Morgan fingerprint density at radius 2 is 2.13 bits per heavy atom. The van der Waals surface area contributed by atoms with Crippen LogP contribution < -0.4 is 17.2 Å². The smallest absolute Gasteiger partial charge is 0.208 e. The summed E-state index contributed by atoms with van der Waals surface area (Å²) in [4.78, 5) is 3.75. The summed E-state index contributed by atoms with van der Waals surface area (Å²) in [5, 5.41) is 20.7. The van der Waals surface area contributed by atoms with Crippen LogP contribution >= 0.6 is 0 Å². The summed E-state index contributed by atoms with van der Waals surface area (Å²) in [7, 11) is 1.48. The van der Waals surface area contributed by atoms with Gasteiger partial charge in [0, 0.05) is 20.0 Å². The molecule has 1 heterocycles. The lowest BCUT2D eigenvalue weighted by Crippen LogP contribution is -2.42. The molecule has 132 valence electrons. The van der Waals surface area contributed by atoms with Crippen molar-refractivity contribution in [3.63, 3.8) is 0 Å². The fraction of sp³-hybridized carbons (Fsp3) is 0.923. The van der Waals surface area contributed by atoms with Crippen LogP contribution in [-0.2, 0) is 18.9 Å². The molecule has 2 saturated carbocycles. The second kappa shape index (κ2) is 5.69. The van der Waals surface area contributed by atoms with Gasteiger partial charge < -0.3 is 46.4 Å². The van der Waals surface area contributed by atoms with E-state index in [9.17, 15) is 10.2 Å². The molecule has 0 amide bonds. The lowest BCUT2D eigenvalue weighted by atomic mass is 10.3. The van der Waals surface area contributed by atoms with Gasteiger partial charge >= 0.3 is 0 Å². The molecule has 0 aromatic rings. The maximum atomic E-state index is 10.5. The van der Waals surface area contributed by atoms with E-state index in [2.05, 4.69) is 11.7 Å². The first-order chi connectivity index (χ1) is 10.8. The van der Waals surface area contributed by atoms with Crippen LogP contribution in [0.4, 0.5) is 0 Å². The Bertz CT molecular complexity index is 483. The van der Waals surface area contributed by atoms with Crippen LogP contribution in [0, 0.1) is 5.41 Å². The van der Waals surface area contributed by atoms with Crippen molar-refractivity contribution in [1.82, 2.24) is 0 Å². The zero-order valence-electron chi connectivity index (χ0n) is 12.9. The number of aliphatic hydroxyl groups excluding tert-OH is 1. The summed E-state index contributed by atoms with van der Waals surface area (Å²) >= 11 is 0. The second-order valence-electron chi connectivity index (χ2n) is 6.22. The summed E-state index contributed by atoms with van der Waals surface area (Å²) in [6.07, 6.45) is -4.78. The maximum Gasteiger partial charge on any atom is 0.208 e. The highest BCUT2D eigenvalue weighted by Crippen LogP contribution is 2.75. The largest absolute Gasteiger partial charge is 0.386 e. The maximum absolute atomic E-state index is 10.5. The topological polar surface area (TPSA) is 168 Å². The zero-order valence-corrected chi connectivity index (χ0v) is 12.9. The van der Waals surface area contributed by atoms with Crippen LogP contribution in [0.1, 0.15) is 12.8 Å². The summed E-state index contributed by atoms with van der Waals surface area (Å²) in [6.45, 7) is 3.40. The van der Waals surface area contributed by atoms with Crippen molar-refractivity contribution in [3.8, 4) is 0 Å². The standard InChI is InChI=1S/C13H24N4O6/c1-17-8(20-2)4-6(15)22-10-9-12(10)11(18)13(12,19)23-7(16)3-5(14)21-9/h5-11,18-19H,1,3-4,14-16H2,2H3/t5?,6?,7?,8?,9?,10-,11?,12?,13+/m1/s1. The first-order valence-corrected chi connectivity index (χ1v) is 7.45. The Morgan fingerprint density at radius 3 is 2.74 bits per heavy atom. The van der Waals surface area contributed by atoms with Crippen molar-refractivity contribution in [2.45, 2.75) is 61.9 Å². The number of nitrogens with two attached hydrogens (primary N) is 3. The molecule has 1 saturated heterocycles. The molecule has 3 rings (SSSR count). The molecule has 0 aromatic carbocycles. The number of aliphatic imine (C=N–C) groups is 1. The molecule has 3 fully saturated rings. The first-order valence-electron chi connectivity index (χ1n) is 7.45. The van der Waals surface area contributed by atoms with Crippen LogP contribution in [0.2, 0.25) is 0 Å². The van der Waals surface area contributed by atoms with E-state index < -0.39 is 54.4 Å². The summed E-state index contributed by atoms with van der Waals surface area (Å²) in [5.74, 6) is -1.81. The molecule has 3 aliphatic rings. The molecule has 7 unspecified atom stereocenters. The highest BCUT2D eigenvalue weighted by Gasteiger charge is 2.97. The number of aliphatic hydroxyl groups is 2. The van der Waals surface area contributed by atoms with Gasteiger partial charge in [-0.15, -0.1) is 0 Å². The van der Waals surface area contributed by atoms with Crippen molar-refractivity contribution in [2.24, 2.45) is 27.6 Å². The molecule has 0 aromatic heterocycles. The predicted octanol–water partition coefficient (Wildman–Crippen LogP) is -2.84. The number of methoxy groups -OCH3 is 1. The van der Waals surface area contributed by atoms with Crippen LogP contribution in [0.3, 0.4) is 0 Å². The molecular weight excluding hydrogens is 308 g/mol. The molecule has 9 atom stereocenters. The molecule has 23 heavy (non-hydrogen) atoms. The SMILES string of the molecule is C=NC(CC(N)O[C@@H]1C2OC(N)CC(N)O[C@@]3(O)C(O)C213)OC. The third-order valence-electron chi connectivity index (χ3n) is 4.82. The van der Waals surface area contributed by atoms with Crippen LogP contribution in [0.25, 0.3) is 0 Å². The van der Waals surface area contributed by atoms with Gasteiger partial charge in [0.15, 0.2) is 6.23 Å². The van der Waals surface area contributed by atoms with Gasteiger partial charge in [0.05, 0.1) is 0 Å². The number of hydrogen-bond donors (Lipinski definition) is 5. The van der Waals surface area contributed by atoms with Crippen molar-refractivity contribution in [1.29, 1.82) is 0 Å². The number of nitrogens with zero attached hydrogens (tertiary/aromatic N) is 1. The van der Waals surface area contributed by atoms with Crippen molar-refractivity contribution >= 4 is 6.72 Å². The number of ether oxygens (including phenoxy) is 4. The lowest BCUT2D eigenvalue weighted by molar-refractivity contribution is -0.205. The highest BCUT2D eigenvalue weighted by molar-refractivity contribution is 5.40. The Kier molecular flexibility index (Phi) is 4.24. The molecule has 10 heteroatoms. The molecule has 0 radical (unpaired) electrons. The quantitative estimate of drug-likeness (QED) is 0.254. The predicted molar refractivity (Wildman–Crippen MR) is 77.7 cm³/mol. The molecule has 0 bridgehead atoms. The zero-order chi connectivity index (χ0) is 17.0. The van der Waals surface area contributed by atoms with Gasteiger partial charge in [0.1, 0.15) is 42.4 Å². The number of rotatable bonds is 6. The van der Waals surface area contributed by atoms with Crippen LogP contribution in [0.5, 0.6) is 0 Å². The van der Waals surface area contributed by atoms with Crippen LogP contribution in [-0.4, -0.2) is 73.1 Å². The van der Waals surface area contributed by atoms with Gasteiger partial charge in [-0.3, -0.25) is 4.99 Å². The van der Waals surface area contributed by atoms with Crippen molar-refractivity contribution in [3.05, 3.63) is 0 Å². The van der Waals surface area contributed by atoms with E-state index in [1.807, 2.05) is 0 Å². The molecular formula is C13H24N4O6. The fourth-order valence-electron chi connectivity index (χ4n) is 3.49. The monoisotopic (exact) mass is 332 g/mol. The van der Waals surface area contributed by atoms with Crippen molar-refractivity contribution < 1.29 is 29.2 Å². The minimum atomic E-state index is -1.81. The molecule has 8 N–H and O–H groups in total. The molecule has 1 aliphatic heterocycles. The van der Waals surface area contributed by atoms with E-state index in [4.69, 9.17) is 36.1 Å². The van der Waals surface area contributed by atoms with Gasteiger partial charge in [-0.2, -0.15) is 0 Å². The Labute approximate surface area is 133 Å². The molecule has 2 aliphatic carbocycles. The third-order valence-corrected chi connectivity index (χ3v) is 4.82. The Hall–Kier alpha value is -0.690. The molecule has 10 nitrogen and oxygen atoms in total. The van der Waals surface area contributed by atoms with E-state index in [1.54, 1.807) is 0 Å². The molecule has 1 spiro atoms. The normalized spacial score (nSPS) is 50.8. The summed E-state index contributed by atoms with van der Waals surface area (Å²) in [5.41, 5.74) is 16.4. The van der Waals surface area contributed by atoms with E-state index >= 15 is 0 Å². The first kappa shape index (κ1) is 17.1. The Balaban J connectivity index is 1.69. The second-order valence-corrected chi connectivity index (χ2v) is 6.22. The third kappa shape index (κ3) is 2.42. The van der Waals surface area contributed by atoms with E-state index in [1.165, 1.54) is 7.11 Å². The number of hydrogen-bond acceptors (Lipinski definition) is 10. The van der Waals surface area contributed by atoms with Crippen LogP contribution in [0.15, 0.2) is 4.99 Å². The van der Waals surface area contributed by atoms with Gasteiger partial charge in [-0.1, -0.05) is 0 Å². The Morgan fingerprint density at radius 1 is 1.43 bits per heavy atom. The fourth-order valence-corrected chi connectivity index (χ4v) is 3.49.